The molecule has 0 aliphatic rings. The lowest BCUT2D eigenvalue weighted by Crippen LogP contribution is -2.16. The van der Waals surface area contributed by atoms with E-state index in [1.54, 1.807) is 12.1 Å². The first-order chi connectivity index (χ1) is 10.7. The number of hydrogen-bond donors (Lipinski definition) is 0. The van der Waals surface area contributed by atoms with E-state index < -0.39 is 11.3 Å². The van der Waals surface area contributed by atoms with Crippen molar-refractivity contribution in [2.45, 2.75) is 11.3 Å². The minimum Gasteiger partial charge on any atom is -0.296 e. The van der Waals surface area contributed by atoms with Crippen molar-refractivity contribution < 1.29 is 4.79 Å². The number of halogens is 1. The van der Waals surface area contributed by atoms with Crippen molar-refractivity contribution in [3.05, 3.63) is 65.2 Å². The Kier molecular flexibility index (Phi) is 4.19. The van der Waals surface area contributed by atoms with Crippen LogP contribution in [0.4, 0.5) is 0 Å². The van der Waals surface area contributed by atoms with Gasteiger partial charge in [0.2, 0.25) is 0 Å². The first-order valence-corrected chi connectivity index (χ1v) is 7.94. The van der Waals surface area contributed by atoms with Gasteiger partial charge in [-0.1, -0.05) is 42.5 Å². The summed E-state index contributed by atoms with van der Waals surface area (Å²) >= 11 is 7.61. The second kappa shape index (κ2) is 6.27. The summed E-state index contributed by atoms with van der Waals surface area (Å²) in [5, 5.41) is 9.05. The third-order valence-corrected chi connectivity index (χ3v) is 4.88. The van der Waals surface area contributed by atoms with Crippen LogP contribution in [0.15, 0.2) is 54.6 Å². The molecule has 3 rings (SSSR count). The van der Waals surface area contributed by atoms with Crippen LogP contribution in [0.2, 0.25) is 0 Å². The molecule has 1 aromatic heterocycles. The number of thiazole rings is 1. The van der Waals surface area contributed by atoms with Crippen molar-refractivity contribution in [2.75, 3.05) is 0 Å². The van der Waals surface area contributed by atoms with Crippen LogP contribution >= 0.6 is 22.9 Å². The molecular weight excluding hydrogens is 316 g/mol. The molecule has 1 heterocycles. The van der Waals surface area contributed by atoms with Gasteiger partial charge in [-0.3, -0.25) is 4.79 Å². The van der Waals surface area contributed by atoms with Gasteiger partial charge in [0.25, 0.3) is 0 Å². The Hall–Kier alpha value is -2.22. The maximum Gasteiger partial charge on any atom is 0.179 e. The van der Waals surface area contributed by atoms with Crippen molar-refractivity contribution in [1.82, 2.24) is 4.98 Å². The van der Waals surface area contributed by atoms with Crippen LogP contribution in [0.25, 0.3) is 10.2 Å². The highest BCUT2D eigenvalue weighted by atomic mass is 35.5. The zero-order valence-electron chi connectivity index (χ0n) is 11.4. The van der Waals surface area contributed by atoms with E-state index in [-0.39, 0.29) is 5.78 Å². The molecule has 0 saturated carbocycles. The normalized spacial score (nSPS) is 13.5. The van der Waals surface area contributed by atoms with Crippen LogP contribution in [-0.2, 0) is 4.79 Å². The van der Waals surface area contributed by atoms with E-state index in [0.29, 0.717) is 10.6 Å². The monoisotopic (exact) mass is 326 g/mol. The molecule has 3 nitrogen and oxygen atoms in total. The fourth-order valence-electron chi connectivity index (χ4n) is 2.19. The Bertz CT molecular complexity index is 821. The Morgan fingerprint density at radius 2 is 1.82 bits per heavy atom. The lowest BCUT2D eigenvalue weighted by atomic mass is 9.99. The van der Waals surface area contributed by atoms with E-state index in [4.69, 9.17) is 11.6 Å². The highest BCUT2D eigenvalue weighted by Gasteiger charge is 2.30. The van der Waals surface area contributed by atoms with Crippen LogP contribution in [0, 0.1) is 11.3 Å². The van der Waals surface area contributed by atoms with Crippen molar-refractivity contribution >= 4 is 38.9 Å². The molecule has 0 fully saturated rings. The standard InChI is InChI=1S/C17H11ClN2OS/c18-15(11-6-2-1-3-7-11)16(21)12(10-19)17-20-13-8-4-5-9-14(13)22-17/h1-9,12,15H. The van der Waals surface area contributed by atoms with Crippen LogP contribution in [0.1, 0.15) is 21.9 Å². The topological polar surface area (TPSA) is 53.8 Å². The molecule has 0 amide bonds. The second-order valence-electron chi connectivity index (χ2n) is 4.76. The number of ketones is 1. The molecular formula is C17H11ClN2OS. The number of Topliss-reactive ketones (excluding diaryl/α,β-unsaturated/α-hetero) is 1. The fourth-order valence-corrected chi connectivity index (χ4v) is 3.48. The highest BCUT2D eigenvalue weighted by Crippen LogP contribution is 2.33. The fraction of sp³-hybridized carbons (Fsp3) is 0.118. The number of para-hydroxylation sites is 1. The van der Waals surface area contributed by atoms with E-state index in [2.05, 4.69) is 4.98 Å². The summed E-state index contributed by atoms with van der Waals surface area (Å²) in [6, 6.07) is 18.7. The predicted molar refractivity (Wildman–Crippen MR) is 88.0 cm³/mol. The van der Waals surface area contributed by atoms with Gasteiger partial charge < -0.3 is 0 Å². The number of aromatic nitrogens is 1. The lowest BCUT2D eigenvalue weighted by molar-refractivity contribution is -0.119. The predicted octanol–water partition coefficient (Wildman–Crippen LogP) is 4.45. The zero-order valence-corrected chi connectivity index (χ0v) is 13.0. The first-order valence-electron chi connectivity index (χ1n) is 6.68. The highest BCUT2D eigenvalue weighted by molar-refractivity contribution is 7.18. The van der Waals surface area contributed by atoms with E-state index >= 15 is 0 Å². The minimum absolute atomic E-state index is 0.338. The van der Waals surface area contributed by atoms with Crippen LogP contribution in [0.3, 0.4) is 0 Å². The number of benzene rings is 2. The number of nitrogens with zero attached hydrogens (tertiary/aromatic N) is 2. The van der Waals surface area contributed by atoms with Gasteiger partial charge >= 0.3 is 0 Å². The van der Waals surface area contributed by atoms with Crippen molar-refractivity contribution in [3.8, 4) is 6.07 Å². The van der Waals surface area contributed by atoms with Gasteiger partial charge in [0.05, 0.1) is 16.3 Å². The molecule has 3 aromatic rings. The van der Waals surface area contributed by atoms with Gasteiger partial charge in [0.15, 0.2) is 11.7 Å². The molecule has 2 atom stereocenters. The van der Waals surface area contributed by atoms with Gasteiger partial charge in [-0.15, -0.1) is 22.9 Å². The first kappa shape index (κ1) is 14.7. The molecule has 2 unspecified atom stereocenters. The number of carbonyl (C=O) groups excluding carboxylic acids is 1. The molecule has 0 aliphatic heterocycles. The van der Waals surface area contributed by atoms with Gasteiger partial charge in [0, 0.05) is 0 Å². The van der Waals surface area contributed by atoms with E-state index in [1.807, 2.05) is 48.5 Å². The molecule has 0 saturated heterocycles. The van der Waals surface area contributed by atoms with Gasteiger partial charge in [-0.25, -0.2) is 4.98 Å². The third kappa shape index (κ3) is 2.74. The molecule has 5 heteroatoms. The van der Waals surface area contributed by atoms with Crippen LogP contribution in [0.5, 0.6) is 0 Å². The molecule has 0 N–H and O–H groups in total. The number of alkyl halides is 1. The number of hydrogen-bond acceptors (Lipinski definition) is 4. The smallest absolute Gasteiger partial charge is 0.179 e. The summed E-state index contributed by atoms with van der Waals surface area (Å²) in [7, 11) is 0. The van der Waals surface area contributed by atoms with Crippen LogP contribution in [-0.4, -0.2) is 10.8 Å². The summed E-state index contributed by atoms with van der Waals surface area (Å²) in [5.41, 5.74) is 1.48. The summed E-state index contributed by atoms with van der Waals surface area (Å²) in [5.74, 6) is -1.28. The number of rotatable bonds is 4. The quantitative estimate of drug-likeness (QED) is 0.665. The number of nitriles is 1. The summed E-state index contributed by atoms with van der Waals surface area (Å²) in [6.07, 6.45) is 0. The van der Waals surface area contributed by atoms with E-state index in [1.165, 1.54) is 11.3 Å². The third-order valence-electron chi connectivity index (χ3n) is 3.31. The summed E-state index contributed by atoms with van der Waals surface area (Å²) in [4.78, 5) is 17.0. The Labute approximate surface area is 136 Å². The second-order valence-corrected chi connectivity index (χ2v) is 6.26. The largest absolute Gasteiger partial charge is 0.296 e. The average molecular weight is 327 g/mol. The molecule has 0 radical (unpaired) electrons. The Morgan fingerprint density at radius 1 is 1.14 bits per heavy atom. The number of fused-ring (bicyclic) bond motifs is 1. The van der Waals surface area contributed by atoms with Crippen molar-refractivity contribution in [1.29, 1.82) is 5.26 Å². The van der Waals surface area contributed by atoms with Gasteiger partial charge in [-0.05, 0) is 17.7 Å². The maximum atomic E-state index is 12.6. The SMILES string of the molecule is N#CC(C(=O)C(Cl)c1ccccc1)c1nc2ccccc2s1. The Balaban J connectivity index is 1.93. The van der Waals surface area contributed by atoms with E-state index in [0.717, 1.165) is 10.2 Å². The molecule has 0 bridgehead atoms. The van der Waals surface area contributed by atoms with Gasteiger partial charge in [0.1, 0.15) is 10.4 Å². The van der Waals surface area contributed by atoms with Gasteiger partial charge in [-0.2, -0.15) is 5.26 Å². The molecule has 108 valence electrons. The lowest BCUT2D eigenvalue weighted by Gasteiger charge is -2.11. The molecule has 22 heavy (non-hydrogen) atoms. The maximum absolute atomic E-state index is 12.6. The van der Waals surface area contributed by atoms with Crippen LogP contribution < -0.4 is 0 Å². The summed E-state index contributed by atoms with van der Waals surface area (Å²) in [6.45, 7) is 0. The minimum atomic E-state index is -0.944. The molecule has 0 aliphatic carbocycles. The Morgan fingerprint density at radius 3 is 2.50 bits per heavy atom. The molecule has 2 aromatic carbocycles. The summed E-state index contributed by atoms with van der Waals surface area (Å²) < 4.78 is 0.955. The van der Waals surface area contributed by atoms with Crippen molar-refractivity contribution in [2.24, 2.45) is 0 Å². The van der Waals surface area contributed by atoms with E-state index in [9.17, 15) is 10.1 Å². The average Bonchev–Trinajstić information content (AvgIpc) is 2.99. The zero-order chi connectivity index (χ0) is 15.5. The van der Waals surface area contributed by atoms with Crippen molar-refractivity contribution in [3.63, 3.8) is 0 Å². The molecule has 0 spiro atoms. The number of carbonyl (C=O) groups is 1.